The Balaban J connectivity index is 1.72. The van der Waals surface area contributed by atoms with Crippen LogP contribution in [0.25, 0.3) is 0 Å². The van der Waals surface area contributed by atoms with E-state index in [2.05, 4.69) is 19.2 Å². The van der Waals surface area contributed by atoms with Crippen molar-refractivity contribution in [3.05, 3.63) is 0 Å². The van der Waals surface area contributed by atoms with E-state index in [1.165, 1.54) is 96.3 Å². The molecule has 1 saturated carbocycles. The maximum absolute atomic E-state index is 14.0. The van der Waals surface area contributed by atoms with Crippen LogP contribution < -0.4 is 5.32 Å². The van der Waals surface area contributed by atoms with Gasteiger partial charge in [0.25, 0.3) is 0 Å². The highest BCUT2D eigenvalue weighted by Crippen LogP contribution is 2.48. The number of esters is 1. The third-order valence-electron chi connectivity index (χ3n) is 14.8. The van der Waals surface area contributed by atoms with Crippen molar-refractivity contribution in [2.75, 3.05) is 26.4 Å². The molecule has 454 valence electrons. The second-order valence-corrected chi connectivity index (χ2v) is 22.7. The second kappa shape index (κ2) is 39.0. The third kappa shape index (κ3) is 25.2. The number of hydrogen-bond acceptors (Lipinski definition) is 21. The first-order chi connectivity index (χ1) is 36.9. The lowest BCUT2D eigenvalue weighted by Crippen LogP contribution is -2.69. The summed E-state index contributed by atoms with van der Waals surface area (Å²) in [5, 5.41) is 119. The molecule has 0 aromatic rings. The van der Waals surface area contributed by atoms with Gasteiger partial charge in [-0.2, -0.15) is 0 Å². The van der Waals surface area contributed by atoms with Gasteiger partial charge in [-0.05, 0) is 12.8 Å². The normalized spacial score (nSPS) is 31.9. The summed E-state index contributed by atoms with van der Waals surface area (Å²) in [6.07, 6.45) is -4.08. The van der Waals surface area contributed by atoms with Crippen molar-refractivity contribution in [3.8, 4) is 0 Å². The fourth-order valence-electron chi connectivity index (χ4n) is 9.93. The topological polar surface area (TPSA) is 371 Å². The summed E-state index contributed by atoms with van der Waals surface area (Å²) in [6, 6.07) is -1.23. The van der Waals surface area contributed by atoms with Crippen molar-refractivity contribution in [1.82, 2.24) is 5.32 Å². The summed E-state index contributed by atoms with van der Waals surface area (Å²) >= 11 is 0. The van der Waals surface area contributed by atoms with Crippen molar-refractivity contribution in [2.45, 2.75) is 298 Å². The molecule has 1 aliphatic carbocycles. The Hall–Kier alpha value is -1.55. The van der Waals surface area contributed by atoms with Crippen LogP contribution in [0.5, 0.6) is 0 Å². The maximum Gasteiger partial charge on any atom is 0.472 e. The van der Waals surface area contributed by atoms with Gasteiger partial charge in [-0.25, -0.2) is 4.57 Å². The van der Waals surface area contributed by atoms with Gasteiger partial charge in [0.15, 0.2) is 12.6 Å². The lowest BCUT2D eigenvalue weighted by atomic mass is 9.84. The zero-order valence-electron chi connectivity index (χ0n) is 45.8. The zero-order valence-corrected chi connectivity index (χ0v) is 46.7. The van der Waals surface area contributed by atoms with Gasteiger partial charge in [0.2, 0.25) is 5.91 Å². The largest absolute Gasteiger partial charge is 0.472 e. The molecule has 0 radical (unpaired) electrons. The molecule has 0 aromatic heterocycles. The standard InChI is InChI=1S/C53H100NO22P/c1-3-5-7-9-11-13-15-17-19-21-23-25-27-29-38(57)54-35(33-70-39(58)30-28-26-24-22-20-18-16-14-12-10-8-6-4-2)34-71-77(68,69)76-51-49(74-52-47(66)42(61)40(59)36(31-55)72-52)45(64)44(63)46(65)50(51)75-53-48(67)43(62)41(60)37(32-56)73-53/h35-37,40-53,55-56,59-67H,3-34H2,1-2H3,(H,54,57)(H,68,69)/t35-,36?,37?,40-,41-,42+,43?,44-,45?,46+,47?,48-,49?,50?,51-,52-,53-/m1/s1. The Bertz CT molecular complexity index is 1550. The number of rotatable bonds is 42. The molecule has 3 rings (SSSR count). The molecule has 8 unspecified atom stereocenters. The van der Waals surface area contributed by atoms with E-state index < -0.39 is 150 Å². The zero-order chi connectivity index (χ0) is 56.8. The van der Waals surface area contributed by atoms with E-state index in [1.807, 2.05) is 0 Å². The van der Waals surface area contributed by atoms with Crippen molar-refractivity contribution in [2.24, 2.45) is 0 Å². The lowest BCUT2D eigenvalue weighted by Gasteiger charge is -2.49. The van der Waals surface area contributed by atoms with E-state index in [0.717, 1.165) is 57.8 Å². The number of aliphatic hydroxyl groups excluding tert-OH is 11. The number of carbonyl (C=O) groups is 2. The van der Waals surface area contributed by atoms with Gasteiger partial charge in [0.05, 0.1) is 25.9 Å². The highest BCUT2D eigenvalue weighted by Gasteiger charge is 2.58. The van der Waals surface area contributed by atoms with Crippen molar-refractivity contribution >= 4 is 19.7 Å². The summed E-state index contributed by atoms with van der Waals surface area (Å²) in [4.78, 5) is 37.6. The Morgan fingerprint density at radius 1 is 0.468 bits per heavy atom. The van der Waals surface area contributed by atoms with Gasteiger partial charge in [-0.1, -0.05) is 168 Å². The van der Waals surface area contributed by atoms with Crippen LogP contribution in [0.15, 0.2) is 0 Å². The Morgan fingerprint density at radius 3 is 1.19 bits per heavy atom. The number of carbonyl (C=O) groups excluding carboxylic acids is 2. The fourth-order valence-corrected chi connectivity index (χ4v) is 10.9. The summed E-state index contributed by atoms with van der Waals surface area (Å²) in [5.41, 5.74) is 0. The number of unbranched alkanes of at least 4 members (excludes halogenated alkanes) is 24. The minimum Gasteiger partial charge on any atom is -0.463 e. The van der Waals surface area contributed by atoms with E-state index in [-0.39, 0.29) is 12.8 Å². The maximum atomic E-state index is 14.0. The fraction of sp³-hybridized carbons (Fsp3) is 0.962. The molecule has 18 atom stereocenters. The number of hydrogen-bond donors (Lipinski definition) is 13. The van der Waals surface area contributed by atoms with E-state index >= 15 is 0 Å². The summed E-state index contributed by atoms with van der Waals surface area (Å²) in [6.45, 7) is 1.25. The number of aliphatic hydroxyl groups is 11. The first kappa shape index (κ1) is 69.7. The van der Waals surface area contributed by atoms with Gasteiger partial charge >= 0.3 is 13.8 Å². The first-order valence-corrected chi connectivity index (χ1v) is 30.5. The number of phosphoric acid groups is 1. The Labute approximate surface area is 455 Å². The van der Waals surface area contributed by atoms with Crippen LogP contribution in [-0.2, 0) is 46.9 Å². The minimum absolute atomic E-state index is 0.0859. The van der Waals surface area contributed by atoms with E-state index in [4.69, 9.17) is 32.7 Å². The summed E-state index contributed by atoms with van der Waals surface area (Å²) in [7, 11) is -5.59. The van der Waals surface area contributed by atoms with Crippen LogP contribution in [0.3, 0.4) is 0 Å². The number of ether oxygens (including phenoxy) is 5. The minimum atomic E-state index is -5.59. The number of amides is 1. The van der Waals surface area contributed by atoms with E-state index in [0.29, 0.717) is 12.8 Å². The lowest BCUT2D eigenvalue weighted by molar-refractivity contribution is -0.360. The molecule has 13 N–H and O–H groups in total. The average Bonchev–Trinajstić information content (AvgIpc) is 3.41. The molecule has 1 amide bonds. The molecule has 77 heavy (non-hydrogen) atoms. The van der Waals surface area contributed by atoms with E-state index in [1.54, 1.807) is 0 Å². The van der Waals surface area contributed by atoms with Gasteiger partial charge in [0.1, 0.15) is 92.1 Å². The van der Waals surface area contributed by atoms with Crippen LogP contribution in [0, 0.1) is 0 Å². The average molecular weight is 1130 g/mol. The molecule has 0 bridgehead atoms. The highest BCUT2D eigenvalue weighted by atomic mass is 31.2. The predicted octanol–water partition coefficient (Wildman–Crippen LogP) is 2.95. The molecule has 3 aliphatic rings. The van der Waals surface area contributed by atoms with Gasteiger partial charge in [0, 0.05) is 12.8 Å². The quantitative estimate of drug-likeness (QED) is 0.0237. The summed E-state index contributed by atoms with van der Waals surface area (Å²) < 4.78 is 52.7. The molecule has 2 aliphatic heterocycles. The summed E-state index contributed by atoms with van der Waals surface area (Å²) in [5.74, 6) is -1.03. The van der Waals surface area contributed by atoms with Crippen molar-refractivity contribution in [1.29, 1.82) is 0 Å². The van der Waals surface area contributed by atoms with Crippen molar-refractivity contribution in [3.63, 3.8) is 0 Å². The molecule has 0 aromatic carbocycles. The molecule has 3 fully saturated rings. The van der Waals surface area contributed by atoms with Gasteiger partial charge < -0.3 is 90.1 Å². The molecular formula is C53H100NO22P. The van der Waals surface area contributed by atoms with Crippen LogP contribution in [0.2, 0.25) is 0 Å². The van der Waals surface area contributed by atoms with Crippen LogP contribution in [0.4, 0.5) is 0 Å². The molecule has 23 nitrogen and oxygen atoms in total. The second-order valence-electron chi connectivity index (χ2n) is 21.3. The molecule has 2 heterocycles. The first-order valence-electron chi connectivity index (χ1n) is 29.0. The van der Waals surface area contributed by atoms with Crippen molar-refractivity contribution < 1.29 is 108 Å². The third-order valence-corrected chi connectivity index (χ3v) is 15.8. The van der Waals surface area contributed by atoms with Gasteiger partial charge in [-0.3, -0.25) is 18.6 Å². The van der Waals surface area contributed by atoms with E-state index in [9.17, 15) is 75.2 Å². The van der Waals surface area contributed by atoms with Gasteiger partial charge in [-0.15, -0.1) is 0 Å². The Kier molecular flexibility index (Phi) is 35.3. The number of nitrogens with one attached hydrogen (secondary N) is 1. The molecule has 0 spiro atoms. The molecular weight excluding hydrogens is 1030 g/mol. The predicted molar refractivity (Wildman–Crippen MR) is 279 cm³/mol. The highest BCUT2D eigenvalue weighted by molar-refractivity contribution is 7.47. The monoisotopic (exact) mass is 1130 g/mol. The smallest absolute Gasteiger partial charge is 0.463 e. The SMILES string of the molecule is CCCCCCCCCCCCCCCC(=O)N[C@H](COC(=O)CCCCCCCCCCCCCCC)COP(=O)(O)O[C@@H]1C(O[C@H]2OC(CO)[C@@H](O)[C@H](O)C2O)C(O)[C@@H](O)[C@H](O)C1O[C@H]1OC(CO)[C@@H](O)C(O)[C@H]1O. The molecule has 24 heteroatoms. The Morgan fingerprint density at radius 2 is 0.818 bits per heavy atom. The number of phosphoric ester groups is 1. The van der Waals surface area contributed by atoms with Crippen LogP contribution >= 0.6 is 7.82 Å². The molecule has 2 saturated heterocycles. The van der Waals surface area contributed by atoms with Crippen LogP contribution in [0.1, 0.15) is 194 Å². The van der Waals surface area contributed by atoms with Crippen LogP contribution in [-0.4, -0.2) is 203 Å².